The third kappa shape index (κ3) is 5.62. The second-order valence-electron chi connectivity index (χ2n) is 15.3. The number of nitrogens with zero attached hydrogens (tertiary/aromatic N) is 1. The van der Waals surface area contributed by atoms with Crippen LogP contribution in [0.25, 0.3) is 97.0 Å². The smallest absolute Gasteiger partial charge is 0.137 e. The van der Waals surface area contributed by atoms with E-state index in [2.05, 4.69) is 211 Å². The minimum Gasteiger partial charge on any atom is -0.456 e. The van der Waals surface area contributed by atoms with Gasteiger partial charge in [0, 0.05) is 53.9 Å². The van der Waals surface area contributed by atoms with Crippen LogP contribution in [-0.4, -0.2) is 0 Å². The number of fused-ring (bicyclic) bond motifs is 9. The maximum atomic E-state index is 6.55. The Labute approximate surface area is 345 Å². The van der Waals surface area contributed by atoms with Gasteiger partial charge < -0.3 is 9.32 Å². The summed E-state index contributed by atoms with van der Waals surface area (Å²) < 4.78 is 9.16. The Balaban J connectivity index is 1.12. The standard InChI is InChI=1S/C56H35NOS/c1-2-13-36(14-3-1)44-28-25-40(50-33-39-15-4-5-18-43(39)45-19-6-7-20-46(45)50)34-52(44)57(42-27-29-48-47-21-8-10-23-53(47)58-54(48)35-42)41-17-12-16-37(31-41)38-26-30-56-51(32-38)49-22-9-11-24-55(49)59-56/h1-35H. The second kappa shape index (κ2) is 13.6. The zero-order valence-electron chi connectivity index (χ0n) is 32.0. The number of furan rings is 1. The molecule has 0 aliphatic rings. The van der Waals surface area contributed by atoms with E-state index in [1.807, 2.05) is 17.4 Å². The molecule has 0 amide bonds. The van der Waals surface area contributed by atoms with Gasteiger partial charge in [0.15, 0.2) is 0 Å². The first-order chi connectivity index (χ1) is 29.2. The molecule has 0 bridgehead atoms. The van der Waals surface area contributed by atoms with Crippen molar-refractivity contribution < 1.29 is 4.42 Å². The van der Waals surface area contributed by atoms with E-state index in [9.17, 15) is 0 Å². The van der Waals surface area contributed by atoms with Gasteiger partial charge in [0.25, 0.3) is 0 Å². The second-order valence-corrected chi connectivity index (χ2v) is 16.3. The molecule has 2 heterocycles. The molecule has 276 valence electrons. The van der Waals surface area contributed by atoms with Gasteiger partial charge in [-0.15, -0.1) is 11.3 Å². The number of anilines is 3. The van der Waals surface area contributed by atoms with Crippen LogP contribution in [0, 0.1) is 0 Å². The molecule has 0 atom stereocenters. The number of thiophene rings is 1. The molecule has 12 rings (SSSR count). The molecule has 0 saturated heterocycles. The van der Waals surface area contributed by atoms with Crippen LogP contribution in [0.4, 0.5) is 17.1 Å². The highest BCUT2D eigenvalue weighted by Crippen LogP contribution is 2.47. The lowest BCUT2D eigenvalue weighted by atomic mass is 9.91. The van der Waals surface area contributed by atoms with Gasteiger partial charge in [0.1, 0.15) is 11.2 Å². The number of para-hydroxylation sites is 1. The van der Waals surface area contributed by atoms with Gasteiger partial charge in [0.2, 0.25) is 0 Å². The maximum Gasteiger partial charge on any atom is 0.137 e. The van der Waals surface area contributed by atoms with Crippen molar-refractivity contribution in [3.63, 3.8) is 0 Å². The molecule has 2 aromatic heterocycles. The molecule has 0 unspecified atom stereocenters. The van der Waals surface area contributed by atoms with Crippen molar-refractivity contribution in [1.29, 1.82) is 0 Å². The van der Waals surface area contributed by atoms with E-state index in [4.69, 9.17) is 4.42 Å². The van der Waals surface area contributed by atoms with Crippen molar-refractivity contribution in [1.82, 2.24) is 0 Å². The van der Waals surface area contributed by atoms with Crippen molar-refractivity contribution >= 4 is 92.1 Å². The first-order valence-corrected chi connectivity index (χ1v) is 20.9. The quantitative estimate of drug-likeness (QED) is 0.157. The summed E-state index contributed by atoms with van der Waals surface area (Å²) in [5.74, 6) is 0. The fraction of sp³-hybridized carbons (Fsp3) is 0. The third-order valence-corrected chi connectivity index (χ3v) is 13.0. The fourth-order valence-corrected chi connectivity index (χ4v) is 10.1. The van der Waals surface area contributed by atoms with Crippen molar-refractivity contribution in [3.8, 4) is 33.4 Å². The van der Waals surface area contributed by atoms with E-state index in [1.165, 1.54) is 52.8 Å². The molecule has 12 aromatic rings. The topological polar surface area (TPSA) is 16.4 Å². The lowest BCUT2D eigenvalue weighted by molar-refractivity contribution is 0.669. The minimum atomic E-state index is 0.859. The molecule has 0 fully saturated rings. The molecule has 0 aliphatic carbocycles. The molecule has 2 nitrogen and oxygen atoms in total. The van der Waals surface area contributed by atoms with E-state index in [1.54, 1.807) is 0 Å². The predicted octanol–water partition coefficient (Wildman–Crippen LogP) is 16.7. The van der Waals surface area contributed by atoms with Gasteiger partial charge in [-0.05, 0) is 110 Å². The van der Waals surface area contributed by atoms with E-state index in [0.29, 0.717) is 0 Å². The minimum absolute atomic E-state index is 0.859. The average molecular weight is 770 g/mol. The Morgan fingerprint density at radius 3 is 1.88 bits per heavy atom. The van der Waals surface area contributed by atoms with Crippen LogP contribution in [0.1, 0.15) is 0 Å². The summed E-state index contributed by atoms with van der Waals surface area (Å²) in [6, 6.07) is 77.2. The SMILES string of the molecule is c1ccc(-c2ccc(-c3cc4ccccc4c4ccccc34)cc2N(c2cccc(-c3ccc4sc5ccccc5c4c3)c2)c2ccc3c(c2)oc2ccccc23)cc1. The van der Waals surface area contributed by atoms with Crippen LogP contribution in [0.5, 0.6) is 0 Å². The number of rotatable bonds is 6. The Hall–Kier alpha value is -7.46. The van der Waals surface area contributed by atoms with E-state index < -0.39 is 0 Å². The molecule has 0 aliphatic heterocycles. The van der Waals surface area contributed by atoms with Crippen molar-refractivity contribution in [2.45, 2.75) is 0 Å². The van der Waals surface area contributed by atoms with E-state index in [-0.39, 0.29) is 0 Å². The lowest BCUT2D eigenvalue weighted by Gasteiger charge is -2.29. The van der Waals surface area contributed by atoms with Crippen LogP contribution >= 0.6 is 11.3 Å². The molecule has 0 N–H and O–H groups in total. The zero-order valence-corrected chi connectivity index (χ0v) is 32.8. The van der Waals surface area contributed by atoms with Gasteiger partial charge in [-0.2, -0.15) is 0 Å². The maximum absolute atomic E-state index is 6.55. The molecule has 0 radical (unpaired) electrons. The van der Waals surface area contributed by atoms with Gasteiger partial charge in [-0.25, -0.2) is 0 Å². The number of hydrogen-bond donors (Lipinski definition) is 0. The molecule has 0 saturated carbocycles. The molecular formula is C56H35NOS. The Bertz CT molecular complexity index is 3580. The Morgan fingerprint density at radius 1 is 0.322 bits per heavy atom. The van der Waals surface area contributed by atoms with Crippen molar-refractivity contribution in [2.24, 2.45) is 0 Å². The van der Waals surface area contributed by atoms with Crippen LogP contribution in [-0.2, 0) is 0 Å². The average Bonchev–Trinajstić information content (AvgIpc) is 3.87. The van der Waals surface area contributed by atoms with Gasteiger partial charge >= 0.3 is 0 Å². The summed E-state index contributed by atoms with van der Waals surface area (Å²) in [6.07, 6.45) is 0. The highest BCUT2D eigenvalue weighted by Gasteiger charge is 2.22. The van der Waals surface area contributed by atoms with Crippen molar-refractivity contribution in [3.05, 3.63) is 212 Å². The summed E-state index contributed by atoms with van der Waals surface area (Å²) in [5.41, 5.74) is 11.9. The molecular weight excluding hydrogens is 735 g/mol. The summed E-state index contributed by atoms with van der Waals surface area (Å²) in [5, 5.41) is 9.80. The molecule has 0 spiro atoms. The summed E-state index contributed by atoms with van der Waals surface area (Å²) in [7, 11) is 0. The molecule has 10 aromatic carbocycles. The normalized spacial score (nSPS) is 11.7. The molecule has 59 heavy (non-hydrogen) atoms. The van der Waals surface area contributed by atoms with Crippen molar-refractivity contribution in [2.75, 3.05) is 4.90 Å². The Morgan fingerprint density at radius 2 is 0.983 bits per heavy atom. The number of benzene rings is 10. The highest BCUT2D eigenvalue weighted by atomic mass is 32.1. The first kappa shape index (κ1) is 33.7. The summed E-state index contributed by atoms with van der Waals surface area (Å²) in [4.78, 5) is 2.42. The van der Waals surface area contributed by atoms with Crippen LogP contribution in [0.3, 0.4) is 0 Å². The predicted molar refractivity (Wildman–Crippen MR) is 253 cm³/mol. The zero-order chi connectivity index (χ0) is 38.9. The number of hydrogen-bond acceptors (Lipinski definition) is 3. The van der Waals surface area contributed by atoms with Gasteiger partial charge in [0.05, 0.1) is 5.69 Å². The first-order valence-electron chi connectivity index (χ1n) is 20.1. The fourth-order valence-electron chi connectivity index (χ4n) is 9.05. The van der Waals surface area contributed by atoms with E-state index >= 15 is 0 Å². The lowest BCUT2D eigenvalue weighted by Crippen LogP contribution is -2.11. The summed E-state index contributed by atoms with van der Waals surface area (Å²) >= 11 is 1.85. The highest BCUT2D eigenvalue weighted by molar-refractivity contribution is 7.25. The van der Waals surface area contributed by atoms with E-state index in [0.717, 1.165) is 61.3 Å². The summed E-state index contributed by atoms with van der Waals surface area (Å²) in [6.45, 7) is 0. The van der Waals surface area contributed by atoms with Gasteiger partial charge in [-0.1, -0.05) is 146 Å². The molecule has 3 heteroatoms. The van der Waals surface area contributed by atoms with Crippen LogP contribution < -0.4 is 4.90 Å². The van der Waals surface area contributed by atoms with Crippen LogP contribution in [0.15, 0.2) is 217 Å². The Kier molecular flexibility index (Phi) is 7.75. The monoisotopic (exact) mass is 769 g/mol. The van der Waals surface area contributed by atoms with Crippen LogP contribution in [0.2, 0.25) is 0 Å². The largest absolute Gasteiger partial charge is 0.456 e. The van der Waals surface area contributed by atoms with Gasteiger partial charge in [-0.3, -0.25) is 0 Å². The third-order valence-electron chi connectivity index (χ3n) is 11.8.